The molecule has 3 rings (SSSR count). The number of aromatic nitrogens is 2. The summed E-state index contributed by atoms with van der Waals surface area (Å²) in [5.41, 5.74) is 4.31. The number of hydrogen-bond donors (Lipinski definition) is 1. The van der Waals surface area contributed by atoms with Gasteiger partial charge in [-0.15, -0.1) is 0 Å². The molecule has 0 aliphatic heterocycles. The van der Waals surface area contributed by atoms with Crippen LogP contribution in [-0.4, -0.2) is 20.0 Å². The number of hydrogen-bond acceptors (Lipinski definition) is 6. The standard InChI is InChI=1S/C15H12N4O6/c16-13(20)10-7-9(19(23)24)8-17(14(10)21)5-6-18-11-3-1-2-4-12(11)25-15(18)22/h1-4,7-8H,5-6H2,(H2,16,20). The lowest BCUT2D eigenvalue weighted by molar-refractivity contribution is -0.385. The summed E-state index contributed by atoms with van der Waals surface area (Å²) in [6, 6.07) is 7.56. The maximum atomic E-state index is 12.2. The lowest BCUT2D eigenvalue weighted by Gasteiger charge is -2.08. The van der Waals surface area contributed by atoms with E-state index in [1.807, 2.05) is 0 Å². The van der Waals surface area contributed by atoms with Crippen molar-refractivity contribution in [2.45, 2.75) is 13.1 Å². The molecule has 1 aromatic carbocycles. The van der Waals surface area contributed by atoms with Gasteiger partial charge in [-0.25, -0.2) is 4.79 Å². The maximum Gasteiger partial charge on any atom is 0.420 e. The number of aryl methyl sites for hydroxylation is 2. The van der Waals surface area contributed by atoms with E-state index in [1.54, 1.807) is 24.3 Å². The summed E-state index contributed by atoms with van der Waals surface area (Å²) in [5, 5.41) is 11.0. The molecule has 0 atom stereocenters. The van der Waals surface area contributed by atoms with Crippen LogP contribution in [0.4, 0.5) is 5.69 Å². The lowest BCUT2D eigenvalue weighted by atomic mass is 10.2. The highest BCUT2D eigenvalue weighted by molar-refractivity contribution is 5.92. The molecule has 0 unspecified atom stereocenters. The number of nitro groups is 1. The van der Waals surface area contributed by atoms with Gasteiger partial charge in [0.1, 0.15) is 5.56 Å². The number of carbonyl (C=O) groups is 1. The van der Waals surface area contributed by atoms with Gasteiger partial charge in [0.05, 0.1) is 16.6 Å². The maximum absolute atomic E-state index is 12.2. The van der Waals surface area contributed by atoms with Crippen LogP contribution in [0.2, 0.25) is 0 Å². The van der Waals surface area contributed by atoms with E-state index in [0.717, 1.165) is 16.8 Å². The average Bonchev–Trinajstić information content (AvgIpc) is 2.88. The van der Waals surface area contributed by atoms with Crippen LogP contribution in [0.15, 0.2) is 50.5 Å². The highest BCUT2D eigenvalue weighted by Gasteiger charge is 2.18. The first-order valence-electron chi connectivity index (χ1n) is 7.15. The van der Waals surface area contributed by atoms with Crippen molar-refractivity contribution in [3.63, 3.8) is 0 Å². The smallest absolute Gasteiger partial charge is 0.408 e. The Balaban J connectivity index is 2.01. The summed E-state index contributed by atoms with van der Waals surface area (Å²) in [6.45, 7) is -0.0562. The Bertz CT molecular complexity index is 1110. The van der Waals surface area contributed by atoms with Gasteiger partial charge in [-0.2, -0.15) is 0 Å². The molecule has 1 amide bonds. The first-order valence-corrected chi connectivity index (χ1v) is 7.15. The van der Waals surface area contributed by atoms with Crippen LogP contribution >= 0.6 is 0 Å². The Morgan fingerprint density at radius 3 is 2.64 bits per heavy atom. The van der Waals surface area contributed by atoms with Crippen LogP contribution in [0.3, 0.4) is 0 Å². The molecule has 0 aliphatic carbocycles. The third-order valence-electron chi connectivity index (χ3n) is 3.69. The van der Waals surface area contributed by atoms with Crippen LogP contribution in [0, 0.1) is 10.1 Å². The zero-order valence-electron chi connectivity index (χ0n) is 12.7. The van der Waals surface area contributed by atoms with E-state index in [4.69, 9.17) is 10.2 Å². The van der Waals surface area contributed by atoms with Crippen molar-refractivity contribution >= 4 is 22.7 Å². The number of oxazole rings is 1. The van der Waals surface area contributed by atoms with Crippen molar-refractivity contribution < 1.29 is 14.1 Å². The molecule has 10 nitrogen and oxygen atoms in total. The summed E-state index contributed by atoms with van der Waals surface area (Å²) in [6.07, 6.45) is 1.00. The van der Waals surface area contributed by atoms with E-state index in [2.05, 4.69) is 0 Å². The molecule has 0 radical (unpaired) electrons. The predicted molar refractivity (Wildman–Crippen MR) is 86.3 cm³/mol. The second-order valence-corrected chi connectivity index (χ2v) is 5.22. The van der Waals surface area contributed by atoms with Crippen LogP contribution in [-0.2, 0) is 13.1 Å². The van der Waals surface area contributed by atoms with Crippen molar-refractivity contribution in [1.29, 1.82) is 0 Å². The van der Waals surface area contributed by atoms with Crippen molar-refractivity contribution in [2.24, 2.45) is 5.73 Å². The minimum atomic E-state index is -1.06. The van der Waals surface area contributed by atoms with Crippen LogP contribution in [0.5, 0.6) is 0 Å². The molecule has 0 bridgehead atoms. The first kappa shape index (κ1) is 16.2. The Hall–Kier alpha value is -3.69. The number of amides is 1. The van der Waals surface area contributed by atoms with Gasteiger partial charge in [-0.3, -0.25) is 24.3 Å². The third kappa shape index (κ3) is 2.92. The van der Waals surface area contributed by atoms with Crippen LogP contribution < -0.4 is 17.0 Å². The third-order valence-corrected chi connectivity index (χ3v) is 3.69. The summed E-state index contributed by atoms with van der Waals surface area (Å²) in [5.74, 6) is -1.68. The highest BCUT2D eigenvalue weighted by Crippen LogP contribution is 2.13. The number of pyridine rings is 1. The molecule has 2 N–H and O–H groups in total. The SMILES string of the molecule is NC(=O)c1cc([N+](=O)[O-])cn(CCn2c(=O)oc3ccccc32)c1=O. The summed E-state index contributed by atoms with van der Waals surface area (Å²) >= 11 is 0. The molecular formula is C15H12N4O6. The molecule has 25 heavy (non-hydrogen) atoms. The Kier molecular flexibility index (Phi) is 3.93. The number of benzene rings is 1. The first-order chi connectivity index (χ1) is 11.9. The van der Waals surface area contributed by atoms with Crippen molar-refractivity contribution in [2.75, 3.05) is 0 Å². The molecule has 2 aromatic heterocycles. The Labute approximate surface area is 138 Å². The average molecular weight is 344 g/mol. The van der Waals surface area contributed by atoms with Gasteiger partial charge in [0.2, 0.25) is 0 Å². The van der Waals surface area contributed by atoms with Crippen molar-refractivity contribution in [3.05, 3.63) is 73.1 Å². The van der Waals surface area contributed by atoms with Gasteiger partial charge in [-0.05, 0) is 12.1 Å². The zero-order valence-corrected chi connectivity index (χ0v) is 12.7. The van der Waals surface area contributed by atoms with E-state index in [1.165, 1.54) is 4.57 Å². The second kappa shape index (κ2) is 6.07. The van der Waals surface area contributed by atoms with Gasteiger partial charge >= 0.3 is 5.76 Å². The Morgan fingerprint density at radius 1 is 1.24 bits per heavy atom. The zero-order chi connectivity index (χ0) is 18.1. The summed E-state index contributed by atoms with van der Waals surface area (Å²) in [7, 11) is 0. The number of nitrogens with two attached hydrogens (primary N) is 1. The molecule has 0 spiro atoms. The Morgan fingerprint density at radius 2 is 1.96 bits per heavy atom. The molecular weight excluding hydrogens is 332 g/mol. The minimum Gasteiger partial charge on any atom is -0.408 e. The number of primary amides is 1. The normalized spacial score (nSPS) is 10.9. The van der Waals surface area contributed by atoms with E-state index < -0.39 is 33.4 Å². The van der Waals surface area contributed by atoms with E-state index in [9.17, 15) is 24.5 Å². The van der Waals surface area contributed by atoms with Gasteiger partial charge in [0, 0.05) is 19.2 Å². The quantitative estimate of drug-likeness (QED) is 0.526. The summed E-state index contributed by atoms with van der Waals surface area (Å²) in [4.78, 5) is 45.7. The topological polar surface area (TPSA) is 143 Å². The molecule has 128 valence electrons. The lowest BCUT2D eigenvalue weighted by Crippen LogP contribution is -2.31. The van der Waals surface area contributed by atoms with E-state index in [0.29, 0.717) is 11.1 Å². The van der Waals surface area contributed by atoms with Gasteiger partial charge < -0.3 is 14.7 Å². The molecule has 10 heteroatoms. The number of carbonyl (C=O) groups excluding carboxylic acids is 1. The van der Waals surface area contributed by atoms with E-state index in [-0.39, 0.29) is 13.1 Å². The number of nitrogens with zero attached hydrogens (tertiary/aromatic N) is 3. The monoisotopic (exact) mass is 344 g/mol. The molecule has 3 aromatic rings. The fraction of sp³-hybridized carbons (Fsp3) is 0.133. The highest BCUT2D eigenvalue weighted by atomic mass is 16.6. The molecule has 0 fully saturated rings. The largest absolute Gasteiger partial charge is 0.420 e. The molecule has 0 saturated carbocycles. The second-order valence-electron chi connectivity index (χ2n) is 5.22. The number of para-hydroxylation sites is 2. The number of fused-ring (bicyclic) bond motifs is 1. The minimum absolute atomic E-state index is 0.0229. The fourth-order valence-electron chi connectivity index (χ4n) is 2.50. The van der Waals surface area contributed by atoms with Gasteiger partial charge in [0.15, 0.2) is 5.58 Å². The number of rotatable bonds is 5. The van der Waals surface area contributed by atoms with Crippen LogP contribution in [0.1, 0.15) is 10.4 Å². The van der Waals surface area contributed by atoms with Crippen LogP contribution in [0.25, 0.3) is 11.1 Å². The molecule has 0 aliphatic rings. The summed E-state index contributed by atoms with van der Waals surface area (Å²) < 4.78 is 7.35. The predicted octanol–water partition coefficient (Wildman–Crippen LogP) is 0.464. The fourth-order valence-corrected chi connectivity index (χ4v) is 2.50. The molecule has 2 heterocycles. The van der Waals surface area contributed by atoms with Gasteiger partial charge in [-0.1, -0.05) is 12.1 Å². The van der Waals surface area contributed by atoms with Gasteiger partial charge in [0.25, 0.3) is 17.2 Å². The van der Waals surface area contributed by atoms with Crippen molar-refractivity contribution in [1.82, 2.24) is 9.13 Å². The molecule has 0 saturated heterocycles. The van der Waals surface area contributed by atoms with Crippen molar-refractivity contribution in [3.8, 4) is 0 Å². The van der Waals surface area contributed by atoms with E-state index >= 15 is 0 Å².